The molecule has 212 valence electrons. The number of hydrogen-bond donors (Lipinski definition) is 1. The molecule has 0 radical (unpaired) electrons. The van der Waals surface area contributed by atoms with Crippen LogP contribution < -0.4 is 0 Å². The summed E-state index contributed by atoms with van der Waals surface area (Å²) in [6, 6.07) is 6.83. The van der Waals surface area contributed by atoms with Gasteiger partial charge >= 0.3 is 5.97 Å². The Kier molecular flexibility index (Phi) is 7.20. The molecule has 1 spiro atoms. The highest BCUT2D eigenvalue weighted by molar-refractivity contribution is 8.02. The number of allylic oxidation sites excluding steroid dienone is 1. The van der Waals surface area contributed by atoms with Crippen LogP contribution in [-0.4, -0.2) is 89.5 Å². The van der Waals surface area contributed by atoms with E-state index in [0.29, 0.717) is 32.5 Å². The molecule has 2 saturated heterocycles. The van der Waals surface area contributed by atoms with Crippen LogP contribution in [-0.2, 0) is 25.8 Å². The fourth-order valence-electron chi connectivity index (χ4n) is 6.80. The zero-order valence-corrected chi connectivity index (χ0v) is 23.5. The van der Waals surface area contributed by atoms with Gasteiger partial charge in [-0.1, -0.05) is 41.7 Å². The molecule has 0 saturated carbocycles. The number of nitrogens with zero attached hydrogens (tertiary/aromatic N) is 5. The molecule has 5 atom stereocenters. The topological polar surface area (TPSA) is 118 Å². The number of amides is 2. The zero-order valence-electron chi connectivity index (χ0n) is 22.6. The van der Waals surface area contributed by atoms with Crippen LogP contribution in [0.5, 0.6) is 0 Å². The Morgan fingerprint density at radius 1 is 1.07 bits per heavy atom. The molecule has 1 aromatic carbocycles. The van der Waals surface area contributed by atoms with E-state index in [1.807, 2.05) is 43.3 Å². The van der Waals surface area contributed by atoms with Crippen LogP contribution in [0.3, 0.4) is 0 Å². The van der Waals surface area contributed by atoms with Crippen LogP contribution >= 0.6 is 11.8 Å². The molecule has 1 aromatic heterocycles. The van der Waals surface area contributed by atoms with Gasteiger partial charge in [0.25, 0.3) is 0 Å². The molecule has 4 aliphatic heterocycles. The van der Waals surface area contributed by atoms with E-state index in [9.17, 15) is 19.5 Å². The van der Waals surface area contributed by atoms with Gasteiger partial charge in [-0.2, -0.15) is 0 Å². The highest BCUT2D eigenvalue weighted by Crippen LogP contribution is 2.65. The van der Waals surface area contributed by atoms with E-state index in [2.05, 4.69) is 22.5 Å². The van der Waals surface area contributed by atoms with Crippen molar-refractivity contribution in [2.24, 2.45) is 11.8 Å². The normalized spacial score (nSPS) is 32.6. The van der Waals surface area contributed by atoms with Crippen LogP contribution in [0.4, 0.5) is 0 Å². The first-order valence-electron chi connectivity index (χ1n) is 14.1. The summed E-state index contributed by atoms with van der Waals surface area (Å²) in [7, 11) is 0. The summed E-state index contributed by atoms with van der Waals surface area (Å²) >= 11 is 1.56. The van der Waals surface area contributed by atoms with Crippen LogP contribution in [0.15, 0.2) is 48.6 Å². The van der Waals surface area contributed by atoms with Gasteiger partial charge < -0.3 is 19.6 Å². The van der Waals surface area contributed by atoms with Crippen molar-refractivity contribution in [3.05, 3.63) is 48.6 Å². The third-order valence-corrected chi connectivity index (χ3v) is 10.4. The summed E-state index contributed by atoms with van der Waals surface area (Å²) in [5, 5.41) is 17.8. The number of unbranched alkanes of at least 4 members (excludes halogenated alkanes) is 2. The largest absolute Gasteiger partial charge is 0.465 e. The zero-order chi connectivity index (χ0) is 27.9. The standard InChI is InChI=1S/C29H35N5O5S/c1-28-13-6-2-9-18-39-27(38)23(28)22-25(36)33(16-7-3-8-17-35)24-26(37)32(15-10-14-29(22,24)40-28)19-34-21-12-5-4-11-20(21)30-31-34/h4-6,10-14,22-24,35H,2-3,7-9,15-19H2,1H3/b13-6-/t22-,23+,24?,28-,29-/m0/s1. The van der Waals surface area contributed by atoms with Crippen molar-refractivity contribution >= 4 is 40.6 Å². The van der Waals surface area contributed by atoms with E-state index in [1.54, 1.807) is 26.2 Å². The predicted octanol–water partition coefficient (Wildman–Crippen LogP) is 2.53. The molecule has 6 rings (SSSR count). The maximum absolute atomic E-state index is 14.5. The number of rotatable bonds is 7. The molecule has 5 heterocycles. The van der Waals surface area contributed by atoms with Crippen LogP contribution in [0.2, 0.25) is 0 Å². The minimum absolute atomic E-state index is 0.0830. The maximum atomic E-state index is 14.5. The van der Waals surface area contributed by atoms with Gasteiger partial charge in [0.1, 0.15) is 18.2 Å². The molecular formula is C29H35N5O5S. The van der Waals surface area contributed by atoms with Crippen LogP contribution in [0, 0.1) is 11.8 Å². The number of aliphatic hydroxyl groups excluding tert-OH is 1. The number of cyclic esters (lactones) is 1. The first kappa shape index (κ1) is 27.0. The summed E-state index contributed by atoms with van der Waals surface area (Å²) in [5.41, 5.74) is 1.57. The second-order valence-corrected chi connectivity index (χ2v) is 13.0. The van der Waals surface area contributed by atoms with E-state index in [0.717, 1.165) is 30.3 Å². The van der Waals surface area contributed by atoms with Gasteiger partial charge in [0.15, 0.2) is 0 Å². The average molecular weight is 566 g/mol. The Morgan fingerprint density at radius 2 is 1.93 bits per heavy atom. The number of thioether (sulfide) groups is 1. The Labute approximate surface area is 237 Å². The van der Waals surface area contributed by atoms with Gasteiger partial charge in [-0.25, -0.2) is 4.68 Å². The number of carbonyl (C=O) groups is 3. The lowest BCUT2D eigenvalue weighted by atomic mass is 9.74. The van der Waals surface area contributed by atoms with Gasteiger partial charge in [0.2, 0.25) is 11.8 Å². The molecule has 2 fully saturated rings. The summed E-state index contributed by atoms with van der Waals surface area (Å²) < 4.78 is 5.79. The summed E-state index contributed by atoms with van der Waals surface area (Å²) in [6.07, 6.45) is 11.7. The number of carbonyl (C=O) groups excluding carboxylic acids is 3. The Hall–Kier alpha value is -3.18. The quantitative estimate of drug-likeness (QED) is 0.309. The van der Waals surface area contributed by atoms with E-state index in [4.69, 9.17) is 4.74 Å². The van der Waals surface area contributed by atoms with Crippen molar-refractivity contribution in [2.45, 2.75) is 61.2 Å². The number of benzene rings is 1. The number of hydrogen-bond acceptors (Lipinski definition) is 8. The van der Waals surface area contributed by atoms with Crippen LogP contribution in [0.1, 0.15) is 39.0 Å². The van der Waals surface area contributed by atoms with E-state index >= 15 is 0 Å². The Balaban J connectivity index is 1.39. The summed E-state index contributed by atoms with van der Waals surface area (Å²) in [4.78, 5) is 45.7. The minimum atomic E-state index is -0.910. The van der Waals surface area contributed by atoms with Crippen molar-refractivity contribution in [3.63, 3.8) is 0 Å². The van der Waals surface area contributed by atoms with Crippen LogP contribution in [0.25, 0.3) is 11.0 Å². The van der Waals surface area contributed by atoms with Gasteiger partial charge in [-0.3, -0.25) is 14.4 Å². The number of fused-ring (bicyclic) bond motifs is 3. The molecule has 2 amide bonds. The smallest absolute Gasteiger partial charge is 0.311 e. The highest BCUT2D eigenvalue weighted by Gasteiger charge is 2.73. The van der Waals surface area contributed by atoms with Gasteiger partial charge in [0, 0.05) is 24.4 Å². The third kappa shape index (κ3) is 4.34. The Morgan fingerprint density at radius 3 is 2.77 bits per heavy atom. The first-order chi connectivity index (χ1) is 19.4. The maximum Gasteiger partial charge on any atom is 0.311 e. The van der Waals surface area contributed by atoms with Gasteiger partial charge in [-0.15, -0.1) is 16.9 Å². The number of aliphatic hydroxyl groups is 1. The lowest BCUT2D eigenvalue weighted by molar-refractivity contribution is -0.154. The molecule has 4 aliphatic rings. The second-order valence-electron chi connectivity index (χ2n) is 11.2. The summed E-state index contributed by atoms with van der Waals surface area (Å²) in [6.45, 7) is 3.33. The molecule has 0 bridgehead atoms. The Bertz CT molecular complexity index is 1380. The third-order valence-electron chi connectivity index (χ3n) is 8.62. The van der Waals surface area contributed by atoms with Crippen molar-refractivity contribution in [3.8, 4) is 0 Å². The van der Waals surface area contributed by atoms with Crippen molar-refractivity contribution in [2.75, 3.05) is 26.3 Å². The predicted molar refractivity (Wildman–Crippen MR) is 150 cm³/mol. The lowest BCUT2D eigenvalue weighted by Crippen LogP contribution is -2.53. The molecular weight excluding hydrogens is 530 g/mol. The number of esters is 1. The number of aromatic nitrogens is 3. The number of ether oxygens (including phenoxy) is 1. The monoisotopic (exact) mass is 565 g/mol. The van der Waals surface area contributed by atoms with E-state index < -0.39 is 27.4 Å². The second kappa shape index (κ2) is 10.7. The van der Waals surface area contributed by atoms with E-state index in [-0.39, 0.29) is 31.1 Å². The van der Waals surface area contributed by atoms with E-state index in [1.165, 1.54) is 0 Å². The van der Waals surface area contributed by atoms with Crippen molar-refractivity contribution < 1.29 is 24.2 Å². The molecule has 2 aromatic rings. The summed E-state index contributed by atoms with van der Waals surface area (Å²) in [5.74, 6) is -2.12. The fraction of sp³-hybridized carbons (Fsp3) is 0.552. The minimum Gasteiger partial charge on any atom is -0.465 e. The molecule has 10 nitrogen and oxygen atoms in total. The fourth-order valence-corrected chi connectivity index (χ4v) is 8.96. The molecule has 1 unspecified atom stereocenters. The van der Waals surface area contributed by atoms with Gasteiger partial charge in [0.05, 0.1) is 28.7 Å². The van der Waals surface area contributed by atoms with Gasteiger partial charge in [-0.05, 0) is 51.2 Å². The molecule has 1 N–H and O–H groups in total. The van der Waals surface area contributed by atoms with Crippen molar-refractivity contribution in [1.82, 2.24) is 24.8 Å². The number of likely N-dealkylation sites (tertiary alicyclic amines) is 1. The molecule has 11 heteroatoms. The lowest BCUT2D eigenvalue weighted by Gasteiger charge is -2.36. The molecule has 40 heavy (non-hydrogen) atoms. The molecule has 0 aliphatic carbocycles. The average Bonchev–Trinajstić information content (AvgIpc) is 3.51. The highest BCUT2D eigenvalue weighted by atomic mass is 32.2. The van der Waals surface area contributed by atoms with Crippen molar-refractivity contribution in [1.29, 1.82) is 0 Å². The number of para-hydroxylation sites is 1. The SMILES string of the molecule is C[C@]12/C=C\CCCOC(=O)[C@H]1[C@H]1C(=O)N(CCCCCO)C3C(=O)N(Cn4nnc5ccccc54)CC=C[C@@]31S2. The first-order valence-corrected chi connectivity index (χ1v) is 14.9.